The van der Waals surface area contributed by atoms with Gasteiger partial charge in [0.1, 0.15) is 5.69 Å². The van der Waals surface area contributed by atoms with Crippen LogP contribution < -0.4 is 10.1 Å². The van der Waals surface area contributed by atoms with E-state index in [2.05, 4.69) is 4.98 Å². The lowest BCUT2D eigenvalue weighted by molar-refractivity contribution is 0.884. The van der Waals surface area contributed by atoms with Crippen molar-refractivity contribution in [3.05, 3.63) is 111 Å². The molecule has 0 atom stereocenters. The Hall–Kier alpha value is -3.74. The fourth-order valence-corrected chi connectivity index (χ4v) is 4.89. The lowest BCUT2D eigenvalue weighted by atomic mass is 10.1. The number of para-hydroxylation sites is 3. The molecule has 0 aliphatic heterocycles. The molecule has 0 saturated heterocycles. The van der Waals surface area contributed by atoms with Gasteiger partial charge in [0.2, 0.25) is 0 Å². The Morgan fingerprint density at radius 3 is 2.47 bits per heavy atom. The zero-order valence-electron chi connectivity index (χ0n) is 16.6. The summed E-state index contributed by atoms with van der Waals surface area (Å²) in [6.07, 6.45) is 3.84. The normalized spacial score (nSPS) is 12.2. The van der Waals surface area contributed by atoms with Gasteiger partial charge in [0.15, 0.2) is 4.96 Å². The van der Waals surface area contributed by atoms with Crippen LogP contribution in [0.25, 0.3) is 39.0 Å². The summed E-state index contributed by atoms with van der Waals surface area (Å²) in [5, 5.41) is 5.48. The first-order valence-electron chi connectivity index (χ1n) is 10.0. The van der Waals surface area contributed by atoms with Gasteiger partial charge in [-0.3, -0.25) is 4.79 Å². The molecule has 0 aliphatic carbocycles. The summed E-state index contributed by atoms with van der Waals surface area (Å²) >= 11 is 7.47. The van der Waals surface area contributed by atoms with E-state index in [0.717, 1.165) is 33.5 Å². The van der Waals surface area contributed by atoms with Crippen molar-refractivity contribution in [2.45, 2.75) is 0 Å². The number of hydrogen-bond acceptors (Lipinski definition) is 4. The third-order valence-electron chi connectivity index (χ3n) is 5.31. The summed E-state index contributed by atoms with van der Waals surface area (Å²) in [5.74, 6) is 0. The van der Waals surface area contributed by atoms with Gasteiger partial charge in [0.05, 0.1) is 21.3 Å². The molecule has 0 spiro atoms. The Morgan fingerprint density at radius 1 is 0.906 bits per heavy atom. The Bertz CT molecular complexity index is 1700. The van der Waals surface area contributed by atoms with Crippen molar-refractivity contribution < 1.29 is 0 Å². The van der Waals surface area contributed by atoms with Gasteiger partial charge in [-0.15, -0.1) is 0 Å². The van der Waals surface area contributed by atoms with Crippen LogP contribution in [0.15, 0.2) is 89.9 Å². The summed E-state index contributed by atoms with van der Waals surface area (Å²) < 4.78 is 4.12. The van der Waals surface area contributed by atoms with Crippen LogP contribution in [0.1, 0.15) is 5.56 Å². The smallest absolute Gasteiger partial charge is 0.267 e. The van der Waals surface area contributed by atoms with Crippen molar-refractivity contribution in [3.8, 4) is 16.9 Å². The number of rotatable bonds is 3. The van der Waals surface area contributed by atoms with Gasteiger partial charge in [0.25, 0.3) is 5.56 Å². The quantitative estimate of drug-likeness (QED) is 0.379. The minimum absolute atomic E-state index is 0.0757. The van der Waals surface area contributed by atoms with E-state index in [9.17, 15) is 4.79 Å². The number of fused-ring (bicyclic) bond motifs is 3. The zero-order chi connectivity index (χ0) is 21.7. The van der Waals surface area contributed by atoms with Crippen molar-refractivity contribution in [2.75, 3.05) is 0 Å². The highest BCUT2D eigenvalue weighted by Gasteiger charge is 2.14. The van der Waals surface area contributed by atoms with Crippen molar-refractivity contribution >= 4 is 45.0 Å². The van der Waals surface area contributed by atoms with Crippen molar-refractivity contribution in [2.24, 2.45) is 0 Å². The molecule has 32 heavy (non-hydrogen) atoms. The van der Waals surface area contributed by atoms with E-state index < -0.39 is 0 Å². The van der Waals surface area contributed by atoms with Crippen LogP contribution in [0.4, 0.5) is 0 Å². The van der Waals surface area contributed by atoms with Crippen LogP contribution >= 0.6 is 22.9 Å². The number of thiazole rings is 1. The fraction of sp³-hybridized carbons (Fsp3) is 0. The maximum absolute atomic E-state index is 13.2. The molecular weight excluding hydrogens is 440 g/mol. The molecule has 6 aromatic rings. The maximum Gasteiger partial charge on any atom is 0.274 e. The lowest BCUT2D eigenvalue weighted by Crippen LogP contribution is -2.22. The first-order chi connectivity index (χ1) is 15.7. The highest BCUT2D eigenvalue weighted by atomic mass is 35.5. The average Bonchev–Trinajstić information content (AvgIpc) is 3.48. The van der Waals surface area contributed by atoms with E-state index in [-0.39, 0.29) is 5.56 Å². The highest BCUT2D eigenvalue weighted by molar-refractivity contribution is 7.15. The largest absolute Gasteiger partial charge is 0.274 e. The fourth-order valence-electron chi connectivity index (χ4n) is 3.79. The van der Waals surface area contributed by atoms with Gasteiger partial charge in [-0.05, 0) is 42.5 Å². The maximum atomic E-state index is 13.2. The van der Waals surface area contributed by atoms with Crippen molar-refractivity contribution in [1.29, 1.82) is 0 Å². The SMILES string of the molecule is O=c1c(=Cc2cn(-c3ccccc3)nc2-c2ccc(Cl)cc2)sc2nc3ccccc3n12. The summed E-state index contributed by atoms with van der Waals surface area (Å²) in [5.41, 5.74) is 5.06. The van der Waals surface area contributed by atoms with E-state index in [0.29, 0.717) is 14.5 Å². The van der Waals surface area contributed by atoms with Gasteiger partial charge in [0, 0.05) is 22.3 Å². The van der Waals surface area contributed by atoms with Crippen LogP contribution in [-0.2, 0) is 0 Å². The van der Waals surface area contributed by atoms with Crippen LogP contribution in [0, 0.1) is 0 Å². The monoisotopic (exact) mass is 454 g/mol. The first-order valence-corrected chi connectivity index (χ1v) is 11.2. The lowest BCUT2D eigenvalue weighted by Gasteiger charge is -2.00. The van der Waals surface area contributed by atoms with Crippen LogP contribution in [-0.4, -0.2) is 19.2 Å². The molecule has 0 saturated carbocycles. The molecule has 3 aromatic heterocycles. The van der Waals surface area contributed by atoms with Crippen LogP contribution in [0.2, 0.25) is 5.02 Å². The number of hydrogen-bond donors (Lipinski definition) is 0. The summed E-state index contributed by atoms with van der Waals surface area (Å²) in [7, 11) is 0. The van der Waals surface area contributed by atoms with Gasteiger partial charge in [-0.25, -0.2) is 14.1 Å². The number of halogens is 1. The predicted octanol–water partition coefficient (Wildman–Crippen LogP) is 4.96. The van der Waals surface area contributed by atoms with Gasteiger partial charge >= 0.3 is 0 Å². The highest BCUT2D eigenvalue weighted by Crippen LogP contribution is 2.26. The second-order valence-corrected chi connectivity index (χ2v) is 8.80. The molecule has 0 aliphatic rings. The predicted molar refractivity (Wildman–Crippen MR) is 130 cm³/mol. The molecule has 5 nitrogen and oxygen atoms in total. The number of aromatic nitrogens is 4. The second-order valence-electron chi connectivity index (χ2n) is 7.35. The Labute approximate surface area is 191 Å². The molecule has 0 unspecified atom stereocenters. The first kappa shape index (κ1) is 19.0. The van der Waals surface area contributed by atoms with Gasteiger partial charge in [-0.1, -0.05) is 65.4 Å². The van der Waals surface area contributed by atoms with E-state index in [1.807, 2.05) is 95.8 Å². The third kappa shape index (κ3) is 3.12. The summed E-state index contributed by atoms with van der Waals surface area (Å²) in [6.45, 7) is 0. The molecule has 0 fully saturated rings. The minimum atomic E-state index is -0.0757. The molecule has 6 rings (SSSR count). The van der Waals surface area contributed by atoms with Gasteiger partial charge in [-0.2, -0.15) is 5.10 Å². The van der Waals surface area contributed by atoms with Crippen LogP contribution in [0.3, 0.4) is 0 Å². The zero-order valence-corrected chi connectivity index (χ0v) is 18.2. The van der Waals surface area contributed by atoms with E-state index in [1.165, 1.54) is 11.3 Å². The Kier molecular flexibility index (Phi) is 4.41. The number of benzene rings is 3. The topological polar surface area (TPSA) is 52.2 Å². The average molecular weight is 455 g/mol. The van der Waals surface area contributed by atoms with Crippen LogP contribution in [0.5, 0.6) is 0 Å². The van der Waals surface area contributed by atoms with E-state index in [1.54, 1.807) is 4.40 Å². The molecule has 0 bridgehead atoms. The summed E-state index contributed by atoms with van der Waals surface area (Å²) in [6, 6.07) is 25.1. The molecule has 0 amide bonds. The van der Waals surface area contributed by atoms with E-state index in [4.69, 9.17) is 16.7 Å². The molecule has 3 aromatic carbocycles. The van der Waals surface area contributed by atoms with E-state index >= 15 is 0 Å². The molecule has 7 heteroatoms. The molecular formula is C25H15ClN4OS. The van der Waals surface area contributed by atoms with Gasteiger partial charge < -0.3 is 0 Å². The number of imidazole rings is 1. The van der Waals surface area contributed by atoms with Crippen molar-refractivity contribution in [1.82, 2.24) is 19.2 Å². The molecule has 0 N–H and O–H groups in total. The third-order valence-corrected chi connectivity index (χ3v) is 6.53. The number of nitrogens with zero attached hydrogens (tertiary/aromatic N) is 4. The molecule has 0 radical (unpaired) electrons. The second kappa shape index (κ2) is 7.44. The Balaban J connectivity index is 1.58. The molecule has 3 heterocycles. The Morgan fingerprint density at radius 2 is 1.66 bits per heavy atom. The minimum Gasteiger partial charge on any atom is -0.267 e. The molecule has 154 valence electrons. The van der Waals surface area contributed by atoms with Crippen molar-refractivity contribution in [3.63, 3.8) is 0 Å². The standard InChI is InChI=1S/C25H15ClN4OS/c26-18-12-10-16(11-13-18)23-17(15-29(28-23)19-6-2-1-3-7-19)14-22-24(31)30-21-9-5-4-8-20(21)27-25(30)32-22/h1-15H. The summed E-state index contributed by atoms with van der Waals surface area (Å²) in [4.78, 5) is 18.5.